The highest BCUT2D eigenvalue weighted by Gasteiger charge is 2.30. The van der Waals surface area contributed by atoms with E-state index in [-0.39, 0.29) is 18.3 Å². The molecule has 28 heavy (non-hydrogen) atoms. The van der Waals surface area contributed by atoms with Crippen molar-refractivity contribution < 1.29 is 22.4 Å². The van der Waals surface area contributed by atoms with Gasteiger partial charge in [0.1, 0.15) is 18.9 Å². The third kappa shape index (κ3) is 6.79. The zero-order valence-corrected chi connectivity index (χ0v) is 16.1. The zero-order chi connectivity index (χ0) is 20.6. The number of nitrogens with one attached hydrogen (secondary N) is 2. The summed E-state index contributed by atoms with van der Waals surface area (Å²) < 4.78 is 48.8. The molecule has 1 heterocycles. The predicted molar refractivity (Wildman–Crippen MR) is 100 cm³/mol. The molecule has 0 unspecified atom stereocenters. The van der Waals surface area contributed by atoms with E-state index in [1.807, 2.05) is 26.8 Å². The molecule has 0 aliphatic heterocycles. The molecule has 154 valence electrons. The van der Waals surface area contributed by atoms with Crippen molar-refractivity contribution in [3.63, 3.8) is 0 Å². The molecule has 6 nitrogen and oxygen atoms in total. The molecule has 0 fully saturated rings. The Kier molecular flexibility index (Phi) is 7.71. The monoisotopic (exact) mass is 398 g/mol. The van der Waals surface area contributed by atoms with Crippen molar-refractivity contribution in [1.82, 2.24) is 15.8 Å². The molecule has 1 aromatic heterocycles. The Morgan fingerprint density at radius 1 is 1.25 bits per heavy atom. The molecule has 0 radical (unpaired) electrons. The van der Waals surface area contributed by atoms with E-state index >= 15 is 0 Å². The SMILES string of the molecule is CCNC(=NCc1cc(C(C)C)no1)NCCOc1cccc(C(F)(F)F)c1. The summed E-state index contributed by atoms with van der Waals surface area (Å²) >= 11 is 0. The van der Waals surface area contributed by atoms with Crippen LogP contribution in [-0.2, 0) is 12.7 Å². The lowest BCUT2D eigenvalue weighted by atomic mass is 10.1. The van der Waals surface area contributed by atoms with Crippen LogP contribution < -0.4 is 15.4 Å². The molecule has 0 saturated heterocycles. The molecule has 0 aliphatic rings. The van der Waals surface area contributed by atoms with E-state index in [0.29, 0.717) is 31.4 Å². The van der Waals surface area contributed by atoms with E-state index in [0.717, 1.165) is 17.8 Å². The number of aromatic nitrogens is 1. The second-order valence-electron chi connectivity index (χ2n) is 6.37. The first-order valence-corrected chi connectivity index (χ1v) is 9.07. The lowest BCUT2D eigenvalue weighted by Gasteiger charge is -2.13. The van der Waals surface area contributed by atoms with Gasteiger partial charge < -0.3 is 19.9 Å². The van der Waals surface area contributed by atoms with Crippen molar-refractivity contribution in [2.75, 3.05) is 19.7 Å². The van der Waals surface area contributed by atoms with Crippen LogP contribution in [0.1, 0.15) is 43.7 Å². The molecule has 2 aromatic rings. The van der Waals surface area contributed by atoms with Gasteiger partial charge in [0.15, 0.2) is 11.7 Å². The molecule has 9 heteroatoms. The van der Waals surface area contributed by atoms with Crippen LogP contribution in [0, 0.1) is 0 Å². The topological polar surface area (TPSA) is 71.7 Å². The Labute approximate surface area is 162 Å². The lowest BCUT2D eigenvalue weighted by Crippen LogP contribution is -2.39. The molecule has 1 aromatic carbocycles. The van der Waals surface area contributed by atoms with E-state index in [9.17, 15) is 13.2 Å². The van der Waals surface area contributed by atoms with Gasteiger partial charge in [0.25, 0.3) is 0 Å². The fourth-order valence-electron chi connectivity index (χ4n) is 2.27. The third-order valence-corrected chi connectivity index (χ3v) is 3.73. The van der Waals surface area contributed by atoms with Crippen LogP contribution >= 0.6 is 0 Å². The van der Waals surface area contributed by atoms with Crippen LogP contribution in [0.5, 0.6) is 5.75 Å². The summed E-state index contributed by atoms with van der Waals surface area (Å²) in [5.41, 5.74) is 0.137. The molecule has 2 N–H and O–H groups in total. The number of rotatable bonds is 8. The van der Waals surface area contributed by atoms with Gasteiger partial charge in [0.05, 0.1) is 17.8 Å². The standard InChI is InChI=1S/C19H25F3N4O2/c1-4-23-18(25-12-16-11-17(13(2)3)26-28-16)24-8-9-27-15-7-5-6-14(10-15)19(20,21)22/h5-7,10-11,13H,4,8-9,12H2,1-3H3,(H2,23,24,25). The van der Waals surface area contributed by atoms with Gasteiger partial charge in [-0.3, -0.25) is 0 Å². The Bertz CT molecular complexity index is 773. The second-order valence-corrected chi connectivity index (χ2v) is 6.37. The number of guanidine groups is 1. The average Bonchev–Trinajstić information content (AvgIpc) is 3.12. The number of hydrogen-bond donors (Lipinski definition) is 2. The summed E-state index contributed by atoms with van der Waals surface area (Å²) in [5, 5.41) is 10.1. The van der Waals surface area contributed by atoms with Crippen LogP contribution in [-0.4, -0.2) is 30.8 Å². The quantitative estimate of drug-likeness (QED) is 0.400. The van der Waals surface area contributed by atoms with Crippen molar-refractivity contribution in [3.8, 4) is 5.75 Å². The Balaban J connectivity index is 1.84. The summed E-state index contributed by atoms with van der Waals surface area (Å²) in [7, 11) is 0. The Morgan fingerprint density at radius 3 is 2.68 bits per heavy atom. The van der Waals surface area contributed by atoms with Gasteiger partial charge >= 0.3 is 6.18 Å². The van der Waals surface area contributed by atoms with Gasteiger partial charge in [-0.25, -0.2) is 4.99 Å². The molecular weight excluding hydrogens is 373 g/mol. The number of nitrogens with zero attached hydrogens (tertiary/aromatic N) is 2. The van der Waals surface area contributed by atoms with Crippen LogP contribution in [0.4, 0.5) is 13.2 Å². The zero-order valence-electron chi connectivity index (χ0n) is 16.1. The predicted octanol–water partition coefficient (Wildman–Crippen LogP) is 3.95. The third-order valence-electron chi connectivity index (χ3n) is 3.73. The maximum absolute atomic E-state index is 12.7. The van der Waals surface area contributed by atoms with Gasteiger partial charge in [-0.2, -0.15) is 13.2 Å². The van der Waals surface area contributed by atoms with Gasteiger partial charge in [-0.05, 0) is 31.0 Å². The smallest absolute Gasteiger partial charge is 0.416 e. The fraction of sp³-hybridized carbons (Fsp3) is 0.474. The van der Waals surface area contributed by atoms with Crippen molar-refractivity contribution in [2.24, 2.45) is 4.99 Å². The van der Waals surface area contributed by atoms with Crippen molar-refractivity contribution in [2.45, 2.75) is 39.4 Å². The molecule has 0 spiro atoms. The maximum Gasteiger partial charge on any atom is 0.416 e. The first-order chi connectivity index (χ1) is 13.3. The second kappa shape index (κ2) is 10.0. The summed E-state index contributed by atoms with van der Waals surface area (Å²) in [6.07, 6.45) is -4.39. The largest absolute Gasteiger partial charge is 0.492 e. The maximum atomic E-state index is 12.7. The van der Waals surface area contributed by atoms with Gasteiger partial charge in [0.2, 0.25) is 0 Å². The number of alkyl halides is 3. The molecule has 0 saturated carbocycles. The van der Waals surface area contributed by atoms with E-state index in [4.69, 9.17) is 9.26 Å². The van der Waals surface area contributed by atoms with Crippen LogP contribution in [0.3, 0.4) is 0 Å². The first kappa shape index (κ1) is 21.6. The van der Waals surface area contributed by atoms with E-state index in [1.165, 1.54) is 12.1 Å². The Morgan fingerprint density at radius 2 is 2.04 bits per heavy atom. The minimum atomic E-state index is -4.39. The first-order valence-electron chi connectivity index (χ1n) is 9.07. The van der Waals surface area contributed by atoms with E-state index in [1.54, 1.807) is 0 Å². The number of benzene rings is 1. The van der Waals surface area contributed by atoms with Crippen molar-refractivity contribution >= 4 is 5.96 Å². The average molecular weight is 398 g/mol. The normalized spacial score (nSPS) is 12.3. The van der Waals surface area contributed by atoms with Crippen LogP contribution in [0.15, 0.2) is 39.8 Å². The van der Waals surface area contributed by atoms with Crippen LogP contribution in [0.25, 0.3) is 0 Å². The molecule has 0 bridgehead atoms. The van der Waals surface area contributed by atoms with Gasteiger partial charge in [-0.15, -0.1) is 0 Å². The van der Waals surface area contributed by atoms with E-state index in [2.05, 4.69) is 20.8 Å². The van der Waals surface area contributed by atoms with Gasteiger partial charge in [0, 0.05) is 12.6 Å². The Hall–Kier alpha value is -2.71. The number of aliphatic imine (C=N–C) groups is 1. The van der Waals surface area contributed by atoms with Crippen molar-refractivity contribution in [3.05, 3.63) is 47.3 Å². The highest BCUT2D eigenvalue weighted by atomic mass is 19.4. The summed E-state index contributed by atoms with van der Waals surface area (Å²) in [5.74, 6) is 1.65. The molecule has 0 amide bonds. The van der Waals surface area contributed by atoms with Crippen LogP contribution in [0.2, 0.25) is 0 Å². The fourth-order valence-corrected chi connectivity index (χ4v) is 2.27. The molecule has 0 aliphatic carbocycles. The minimum absolute atomic E-state index is 0.168. The van der Waals surface area contributed by atoms with Crippen molar-refractivity contribution in [1.29, 1.82) is 0 Å². The highest BCUT2D eigenvalue weighted by molar-refractivity contribution is 5.79. The molecule has 2 rings (SSSR count). The number of hydrogen-bond acceptors (Lipinski definition) is 4. The summed E-state index contributed by atoms with van der Waals surface area (Å²) in [6, 6.07) is 6.67. The molecular formula is C19H25F3N4O2. The lowest BCUT2D eigenvalue weighted by molar-refractivity contribution is -0.137. The highest BCUT2D eigenvalue weighted by Crippen LogP contribution is 2.31. The van der Waals surface area contributed by atoms with Gasteiger partial charge in [-0.1, -0.05) is 25.1 Å². The summed E-state index contributed by atoms with van der Waals surface area (Å²) in [6.45, 7) is 7.53. The minimum Gasteiger partial charge on any atom is -0.492 e. The number of halogens is 3. The molecule has 0 atom stereocenters. The summed E-state index contributed by atoms with van der Waals surface area (Å²) in [4.78, 5) is 4.40. The number of ether oxygens (including phenoxy) is 1. The van der Waals surface area contributed by atoms with E-state index < -0.39 is 11.7 Å².